The summed E-state index contributed by atoms with van der Waals surface area (Å²) < 4.78 is 11.1. The minimum Gasteiger partial charge on any atom is -0.439 e. The molecular weight excluding hydrogens is 328 g/mol. The number of hydrogen-bond acceptors (Lipinski definition) is 5. The number of fused-ring (bicyclic) bond motifs is 1. The molecule has 0 radical (unpaired) electrons. The maximum atomic E-state index is 12.5. The highest BCUT2D eigenvalue weighted by Crippen LogP contribution is 2.24. The number of benzene rings is 2. The quantitative estimate of drug-likeness (QED) is 0.399. The Balaban J connectivity index is 1.51. The van der Waals surface area contributed by atoms with Gasteiger partial charge >= 0.3 is 5.97 Å². The van der Waals surface area contributed by atoms with Crippen molar-refractivity contribution in [2.45, 2.75) is 0 Å². The van der Waals surface area contributed by atoms with Crippen LogP contribution in [0.1, 0.15) is 10.4 Å². The molecule has 2 heterocycles. The molecule has 0 aliphatic heterocycles. The monoisotopic (exact) mass is 342 g/mol. The number of aromatic nitrogens is 2. The first kappa shape index (κ1) is 15.8. The van der Waals surface area contributed by atoms with Crippen LogP contribution >= 0.6 is 0 Å². The average molecular weight is 342 g/mol. The summed E-state index contributed by atoms with van der Waals surface area (Å²) in [6.45, 7) is 0. The van der Waals surface area contributed by atoms with Gasteiger partial charge in [0.1, 0.15) is 11.5 Å². The van der Waals surface area contributed by atoms with Crippen molar-refractivity contribution in [1.29, 1.82) is 0 Å². The topological polar surface area (TPSA) is 61.3 Å². The van der Waals surface area contributed by atoms with E-state index in [4.69, 9.17) is 9.47 Å². The van der Waals surface area contributed by atoms with Crippen LogP contribution in [0.25, 0.3) is 10.8 Å². The standard InChI is InChI=1S/C21H14N2O3/c24-21(19-14-22-13-15-5-1-2-6-18(15)19)26-17-10-8-16(9-11-17)25-20-7-3-4-12-23-20/h1-14H. The number of carbonyl (C=O) groups is 1. The number of hydrogen-bond donors (Lipinski definition) is 0. The second kappa shape index (κ2) is 7.03. The number of nitrogens with zero attached hydrogens (tertiary/aromatic N) is 2. The van der Waals surface area contributed by atoms with E-state index in [9.17, 15) is 4.79 Å². The summed E-state index contributed by atoms with van der Waals surface area (Å²) in [5.74, 6) is 1.08. The van der Waals surface area contributed by atoms with Gasteiger partial charge in [0.05, 0.1) is 5.56 Å². The molecule has 0 spiro atoms. The zero-order chi connectivity index (χ0) is 17.8. The van der Waals surface area contributed by atoms with E-state index in [1.165, 1.54) is 6.20 Å². The van der Waals surface area contributed by atoms with Crippen LogP contribution in [0, 0.1) is 0 Å². The second-order valence-electron chi connectivity index (χ2n) is 5.54. The van der Waals surface area contributed by atoms with E-state index in [-0.39, 0.29) is 0 Å². The van der Waals surface area contributed by atoms with Crippen molar-refractivity contribution in [2.24, 2.45) is 0 Å². The molecule has 0 atom stereocenters. The van der Waals surface area contributed by atoms with Crippen molar-refractivity contribution in [3.63, 3.8) is 0 Å². The highest BCUT2D eigenvalue weighted by Gasteiger charge is 2.13. The number of esters is 1. The molecule has 0 saturated heterocycles. The molecule has 4 aromatic rings. The van der Waals surface area contributed by atoms with Gasteiger partial charge in [0.2, 0.25) is 5.88 Å². The van der Waals surface area contributed by atoms with Gasteiger partial charge in [-0.2, -0.15) is 0 Å². The number of rotatable bonds is 4. The molecule has 126 valence electrons. The Morgan fingerprint density at radius 1 is 0.808 bits per heavy atom. The van der Waals surface area contributed by atoms with Crippen LogP contribution in [0.4, 0.5) is 0 Å². The van der Waals surface area contributed by atoms with Gasteiger partial charge in [0, 0.05) is 30.0 Å². The van der Waals surface area contributed by atoms with E-state index >= 15 is 0 Å². The van der Waals surface area contributed by atoms with Gasteiger partial charge in [-0.3, -0.25) is 4.98 Å². The Bertz CT molecular complexity index is 1040. The van der Waals surface area contributed by atoms with Crippen LogP contribution < -0.4 is 9.47 Å². The first-order valence-corrected chi connectivity index (χ1v) is 8.03. The third-order valence-electron chi connectivity index (χ3n) is 3.78. The Morgan fingerprint density at radius 2 is 1.58 bits per heavy atom. The molecule has 0 bridgehead atoms. The summed E-state index contributed by atoms with van der Waals surface area (Å²) in [6.07, 6.45) is 4.89. The molecule has 5 heteroatoms. The lowest BCUT2D eigenvalue weighted by Crippen LogP contribution is -2.09. The minimum atomic E-state index is -0.451. The fourth-order valence-electron chi connectivity index (χ4n) is 2.55. The van der Waals surface area contributed by atoms with Crippen LogP contribution in [-0.4, -0.2) is 15.9 Å². The lowest BCUT2D eigenvalue weighted by Gasteiger charge is -2.08. The summed E-state index contributed by atoms with van der Waals surface area (Å²) in [6, 6.07) is 19.8. The fraction of sp³-hybridized carbons (Fsp3) is 0. The molecule has 26 heavy (non-hydrogen) atoms. The van der Waals surface area contributed by atoms with E-state index in [1.807, 2.05) is 36.4 Å². The van der Waals surface area contributed by atoms with E-state index in [2.05, 4.69) is 9.97 Å². The third-order valence-corrected chi connectivity index (χ3v) is 3.78. The maximum absolute atomic E-state index is 12.5. The van der Waals surface area contributed by atoms with Crippen molar-refractivity contribution in [1.82, 2.24) is 9.97 Å². The lowest BCUT2D eigenvalue weighted by molar-refractivity contribution is 0.0736. The van der Waals surface area contributed by atoms with Crippen LogP contribution in [0.3, 0.4) is 0 Å². The van der Waals surface area contributed by atoms with Crippen molar-refractivity contribution < 1.29 is 14.3 Å². The van der Waals surface area contributed by atoms with Gasteiger partial charge in [-0.15, -0.1) is 0 Å². The molecule has 0 unspecified atom stereocenters. The molecule has 0 fully saturated rings. The SMILES string of the molecule is O=C(Oc1ccc(Oc2ccccn2)cc1)c1cncc2ccccc12. The molecule has 0 N–H and O–H groups in total. The molecule has 0 aliphatic carbocycles. The third kappa shape index (κ3) is 3.37. The van der Waals surface area contributed by atoms with Gasteiger partial charge in [0.15, 0.2) is 0 Å². The van der Waals surface area contributed by atoms with Crippen LogP contribution in [0.15, 0.2) is 85.3 Å². The van der Waals surface area contributed by atoms with E-state index in [0.29, 0.717) is 22.9 Å². The van der Waals surface area contributed by atoms with Crippen molar-refractivity contribution >= 4 is 16.7 Å². The summed E-state index contributed by atoms with van der Waals surface area (Å²) >= 11 is 0. The lowest BCUT2D eigenvalue weighted by atomic mass is 10.1. The number of pyridine rings is 2. The highest BCUT2D eigenvalue weighted by molar-refractivity contribution is 6.04. The van der Waals surface area contributed by atoms with Gasteiger partial charge in [-0.05, 0) is 35.7 Å². The Hall–Kier alpha value is -3.73. The first-order chi connectivity index (χ1) is 12.8. The normalized spacial score (nSPS) is 10.5. The van der Waals surface area contributed by atoms with Crippen LogP contribution in [0.5, 0.6) is 17.4 Å². The Morgan fingerprint density at radius 3 is 2.38 bits per heavy atom. The van der Waals surface area contributed by atoms with Crippen LogP contribution in [-0.2, 0) is 0 Å². The number of ether oxygens (including phenoxy) is 2. The Labute approximate surface area is 149 Å². The number of carbonyl (C=O) groups excluding carboxylic acids is 1. The van der Waals surface area contributed by atoms with E-state index < -0.39 is 5.97 Å². The summed E-state index contributed by atoms with van der Waals surface area (Å²) in [5.41, 5.74) is 0.428. The van der Waals surface area contributed by atoms with Gasteiger partial charge in [-0.1, -0.05) is 30.3 Å². The maximum Gasteiger partial charge on any atom is 0.345 e. The average Bonchev–Trinajstić information content (AvgIpc) is 2.70. The van der Waals surface area contributed by atoms with Gasteiger partial charge in [0.25, 0.3) is 0 Å². The molecule has 2 aromatic carbocycles. The molecule has 0 amide bonds. The predicted molar refractivity (Wildman–Crippen MR) is 97.5 cm³/mol. The van der Waals surface area contributed by atoms with Gasteiger partial charge in [-0.25, -0.2) is 9.78 Å². The fourth-order valence-corrected chi connectivity index (χ4v) is 2.55. The summed E-state index contributed by atoms with van der Waals surface area (Å²) in [7, 11) is 0. The Kier molecular flexibility index (Phi) is 4.26. The molecular formula is C21H14N2O3. The van der Waals surface area contributed by atoms with Crippen molar-refractivity contribution in [2.75, 3.05) is 0 Å². The molecule has 4 rings (SSSR count). The molecule has 0 saturated carbocycles. The van der Waals surface area contributed by atoms with Gasteiger partial charge < -0.3 is 9.47 Å². The molecule has 2 aromatic heterocycles. The van der Waals surface area contributed by atoms with Crippen molar-refractivity contribution in [3.8, 4) is 17.4 Å². The molecule has 5 nitrogen and oxygen atoms in total. The summed E-state index contributed by atoms with van der Waals surface area (Å²) in [5, 5.41) is 1.70. The first-order valence-electron chi connectivity index (χ1n) is 8.03. The second-order valence-corrected chi connectivity index (χ2v) is 5.54. The van der Waals surface area contributed by atoms with E-state index in [1.54, 1.807) is 42.7 Å². The largest absolute Gasteiger partial charge is 0.439 e. The zero-order valence-electron chi connectivity index (χ0n) is 13.7. The molecule has 0 aliphatic rings. The predicted octanol–water partition coefficient (Wildman–Crippen LogP) is 4.64. The summed E-state index contributed by atoms with van der Waals surface area (Å²) in [4.78, 5) is 20.7. The van der Waals surface area contributed by atoms with E-state index in [0.717, 1.165) is 10.8 Å². The van der Waals surface area contributed by atoms with Crippen molar-refractivity contribution in [3.05, 3.63) is 90.9 Å². The zero-order valence-corrected chi connectivity index (χ0v) is 13.7. The minimum absolute atomic E-state index is 0.427. The highest BCUT2D eigenvalue weighted by atomic mass is 16.5. The smallest absolute Gasteiger partial charge is 0.345 e. The van der Waals surface area contributed by atoms with Crippen LogP contribution in [0.2, 0.25) is 0 Å².